The van der Waals surface area contributed by atoms with E-state index in [9.17, 15) is 9.59 Å². The van der Waals surface area contributed by atoms with Gasteiger partial charge in [-0.05, 0) is 77.7 Å². The average Bonchev–Trinajstić information content (AvgIpc) is 2.79. The van der Waals surface area contributed by atoms with Gasteiger partial charge >= 0.3 is 0 Å². The molecule has 0 N–H and O–H groups in total. The third kappa shape index (κ3) is 7.94. The molecular weight excluding hydrogens is 379 g/mol. The molecule has 2 aliphatic heterocycles. The molecule has 0 unspecified atom stereocenters. The highest BCUT2D eigenvalue weighted by molar-refractivity contribution is 5.81. The van der Waals surface area contributed by atoms with Crippen LogP contribution in [0.25, 0.3) is 0 Å². The molecule has 0 aromatic heterocycles. The van der Waals surface area contributed by atoms with Gasteiger partial charge in [-0.15, -0.1) is 0 Å². The molecule has 0 spiro atoms. The molecule has 0 aromatic carbocycles. The van der Waals surface area contributed by atoms with Gasteiger partial charge in [0.1, 0.15) is 11.5 Å². The maximum Gasteiger partial charge on any atom is 0.225 e. The van der Waals surface area contributed by atoms with Crippen LogP contribution in [0.5, 0.6) is 0 Å². The van der Waals surface area contributed by atoms with E-state index in [1.165, 1.54) is 0 Å². The summed E-state index contributed by atoms with van der Waals surface area (Å²) in [4.78, 5) is 28.5. The maximum absolute atomic E-state index is 15.0. The molecule has 30 heavy (non-hydrogen) atoms. The number of amides is 1. The fourth-order valence-electron chi connectivity index (χ4n) is 5.10. The van der Waals surface area contributed by atoms with Gasteiger partial charge in [-0.1, -0.05) is 27.7 Å². The van der Waals surface area contributed by atoms with Crippen molar-refractivity contribution in [2.75, 3.05) is 33.2 Å². The number of hydrogen-bond acceptors (Lipinski definition) is 3. The molecule has 2 saturated heterocycles. The smallest absolute Gasteiger partial charge is 0.225 e. The highest BCUT2D eigenvalue weighted by Crippen LogP contribution is 2.37. The molecule has 1 amide bonds. The van der Waals surface area contributed by atoms with Gasteiger partial charge in [-0.25, -0.2) is 4.39 Å². The fraction of sp³-hybridized carbons (Fsp3) is 0.920. The molecule has 1 saturated carbocycles. The van der Waals surface area contributed by atoms with Crippen LogP contribution in [0.15, 0.2) is 0 Å². The number of Topliss-reactive ketones (excluding diaryl/α,β-unsaturated/α-hetero) is 1. The minimum absolute atomic E-state index is 0.101. The summed E-state index contributed by atoms with van der Waals surface area (Å²) in [5.74, 6) is 1.23. The van der Waals surface area contributed by atoms with Crippen molar-refractivity contribution >= 4 is 11.7 Å². The molecule has 0 bridgehead atoms. The second-order valence-electron chi connectivity index (χ2n) is 9.09. The van der Waals surface area contributed by atoms with Crippen LogP contribution in [-0.2, 0) is 9.59 Å². The zero-order chi connectivity index (χ0) is 22.7. The highest BCUT2D eigenvalue weighted by Gasteiger charge is 2.38. The third-order valence-electron chi connectivity index (χ3n) is 7.12. The first-order chi connectivity index (χ1) is 14.4. The monoisotopic (exact) mass is 426 g/mol. The minimum Gasteiger partial charge on any atom is -0.342 e. The van der Waals surface area contributed by atoms with E-state index in [2.05, 4.69) is 11.9 Å². The molecule has 0 radical (unpaired) electrons. The molecule has 3 fully saturated rings. The Kier molecular flexibility index (Phi) is 12.1. The average molecular weight is 427 g/mol. The number of halogens is 1. The van der Waals surface area contributed by atoms with Crippen LogP contribution in [0, 0.1) is 17.8 Å². The largest absolute Gasteiger partial charge is 0.342 e. The number of carbonyl (C=O) groups is 2. The molecule has 4 nitrogen and oxygen atoms in total. The van der Waals surface area contributed by atoms with Crippen LogP contribution in [0.1, 0.15) is 92.4 Å². The number of carbonyl (C=O) groups excluding carboxylic acids is 2. The standard InChI is InChI=1S/C21H35FN2O2.2C2H6/c1-16(25)18-3-5-19(6-4-18)20(26)24-11-7-17(8-12-24)15-21(22)9-13-23(2)14-10-21;2*1-2/h17-19H,3-15H2,1-2H3;2*1-2H3. The van der Waals surface area contributed by atoms with Crippen LogP contribution in [0.3, 0.4) is 0 Å². The second kappa shape index (κ2) is 13.4. The van der Waals surface area contributed by atoms with Crippen LogP contribution in [-0.4, -0.2) is 60.4 Å². The lowest BCUT2D eigenvalue weighted by atomic mass is 9.78. The molecule has 2 heterocycles. The molecule has 3 rings (SSSR count). The summed E-state index contributed by atoms with van der Waals surface area (Å²) in [7, 11) is 2.06. The van der Waals surface area contributed by atoms with Gasteiger partial charge in [-0.2, -0.15) is 0 Å². The van der Waals surface area contributed by atoms with E-state index >= 15 is 4.39 Å². The number of hydrogen-bond donors (Lipinski definition) is 0. The number of ketones is 1. The summed E-state index contributed by atoms with van der Waals surface area (Å²) in [6.45, 7) is 12.9. The Bertz CT molecular complexity index is 501. The normalized spacial score (nSPS) is 27.2. The molecule has 3 aliphatic rings. The van der Waals surface area contributed by atoms with E-state index in [-0.39, 0.29) is 23.5 Å². The fourth-order valence-corrected chi connectivity index (χ4v) is 5.10. The van der Waals surface area contributed by atoms with Crippen LogP contribution < -0.4 is 0 Å². The number of nitrogens with zero attached hydrogens (tertiary/aromatic N) is 2. The topological polar surface area (TPSA) is 40.6 Å². The molecule has 0 aromatic rings. The van der Waals surface area contributed by atoms with Gasteiger partial charge in [0.05, 0.1) is 0 Å². The van der Waals surface area contributed by atoms with Crippen molar-refractivity contribution in [1.29, 1.82) is 0 Å². The van der Waals surface area contributed by atoms with E-state index in [4.69, 9.17) is 0 Å². The first-order valence-electron chi connectivity index (χ1n) is 12.5. The van der Waals surface area contributed by atoms with E-state index < -0.39 is 5.67 Å². The summed E-state index contributed by atoms with van der Waals surface area (Å²) < 4.78 is 15.0. The zero-order valence-electron chi connectivity index (χ0n) is 20.5. The zero-order valence-corrected chi connectivity index (χ0v) is 20.5. The van der Waals surface area contributed by atoms with Crippen molar-refractivity contribution in [2.45, 2.75) is 98.1 Å². The lowest BCUT2D eigenvalue weighted by molar-refractivity contribution is -0.139. The molecule has 0 atom stereocenters. The Balaban J connectivity index is 0.00000106. The van der Waals surface area contributed by atoms with Gasteiger partial charge in [0, 0.05) is 38.0 Å². The Morgan fingerprint density at radius 1 is 0.833 bits per heavy atom. The summed E-state index contributed by atoms with van der Waals surface area (Å²) in [5.41, 5.74) is -0.992. The lowest BCUT2D eigenvalue weighted by Gasteiger charge is -2.40. The van der Waals surface area contributed by atoms with E-state index in [1.807, 2.05) is 32.6 Å². The van der Waals surface area contributed by atoms with Gasteiger partial charge < -0.3 is 9.80 Å². The number of rotatable bonds is 4. The number of piperidine rings is 2. The predicted octanol–water partition coefficient (Wildman–Crippen LogP) is 5.50. The Hall–Kier alpha value is -0.970. The summed E-state index contributed by atoms with van der Waals surface area (Å²) in [6, 6.07) is 0. The van der Waals surface area contributed by atoms with Crippen LogP contribution in [0.4, 0.5) is 4.39 Å². The molecule has 176 valence electrons. The van der Waals surface area contributed by atoms with Crippen molar-refractivity contribution in [3.05, 3.63) is 0 Å². The molecular formula is C25H47FN2O2. The van der Waals surface area contributed by atoms with E-state index in [1.54, 1.807) is 6.92 Å². The SMILES string of the molecule is CC.CC.CC(=O)C1CCC(C(=O)N2CCC(CC3(F)CCN(C)CC3)CC2)CC1. The molecule has 5 heteroatoms. The third-order valence-corrected chi connectivity index (χ3v) is 7.12. The molecule has 1 aliphatic carbocycles. The first-order valence-corrected chi connectivity index (χ1v) is 12.5. The van der Waals surface area contributed by atoms with Crippen molar-refractivity contribution in [1.82, 2.24) is 9.80 Å². The van der Waals surface area contributed by atoms with Crippen molar-refractivity contribution in [2.24, 2.45) is 17.8 Å². The van der Waals surface area contributed by atoms with Gasteiger partial charge in [0.2, 0.25) is 5.91 Å². The predicted molar refractivity (Wildman–Crippen MR) is 123 cm³/mol. The Morgan fingerprint density at radius 2 is 1.30 bits per heavy atom. The van der Waals surface area contributed by atoms with Gasteiger partial charge in [0.25, 0.3) is 0 Å². The van der Waals surface area contributed by atoms with Crippen molar-refractivity contribution < 1.29 is 14.0 Å². The lowest BCUT2D eigenvalue weighted by Crippen LogP contribution is -2.45. The van der Waals surface area contributed by atoms with Gasteiger partial charge in [-0.3, -0.25) is 9.59 Å². The van der Waals surface area contributed by atoms with Crippen LogP contribution in [0.2, 0.25) is 0 Å². The van der Waals surface area contributed by atoms with Crippen LogP contribution >= 0.6 is 0 Å². The maximum atomic E-state index is 15.0. The van der Waals surface area contributed by atoms with Gasteiger partial charge in [0.15, 0.2) is 0 Å². The van der Waals surface area contributed by atoms with Crippen molar-refractivity contribution in [3.8, 4) is 0 Å². The minimum atomic E-state index is -0.992. The number of alkyl halides is 1. The Morgan fingerprint density at radius 3 is 1.77 bits per heavy atom. The summed E-state index contributed by atoms with van der Waals surface area (Å²) in [6.07, 6.45) is 7.29. The quantitative estimate of drug-likeness (QED) is 0.596. The second-order valence-corrected chi connectivity index (χ2v) is 9.09. The van der Waals surface area contributed by atoms with Crippen molar-refractivity contribution in [3.63, 3.8) is 0 Å². The first kappa shape index (κ1) is 27.1. The highest BCUT2D eigenvalue weighted by atomic mass is 19.1. The Labute approximate surface area is 185 Å². The van der Waals surface area contributed by atoms with E-state index in [0.717, 1.165) is 64.7 Å². The summed E-state index contributed by atoms with van der Waals surface area (Å²) >= 11 is 0. The van der Waals surface area contributed by atoms with E-state index in [0.29, 0.717) is 25.2 Å². The summed E-state index contributed by atoms with van der Waals surface area (Å²) in [5, 5.41) is 0. The number of likely N-dealkylation sites (tertiary alicyclic amines) is 2.